The molecule has 0 unspecified atom stereocenters. The molecule has 0 atom stereocenters. The third-order valence-electron chi connectivity index (χ3n) is 11.8. The predicted molar refractivity (Wildman–Crippen MR) is 228 cm³/mol. The lowest BCUT2D eigenvalue weighted by atomic mass is 9.81. The average molecular weight is 711 g/mol. The van der Waals surface area contributed by atoms with Crippen molar-refractivity contribution in [3.8, 4) is 22.3 Å². The molecule has 54 heavy (non-hydrogen) atoms. The fourth-order valence-corrected chi connectivity index (χ4v) is 11.8. The van der Waals surface area contributed by atoms with Crippen LogP contribution in [-0.4, -0.2) is 9.38 Å². The number of hydrogen-bond donors (Lipinski definition) is 0. The molecule has 0 radical (unpaired) electrons. The van der Waals surface area contributed by atoms with Crippen LogP contribution in [0.2, 0.25) is 0 Å². The molecule has 256 valence electrons. The first-order chi connectivity index (χ1) is 26.4. The number of benzene rings is 8. The Balaban J connectivity index is 1.20. The second-order valence-corrected chi connectivity index (χ2v) is 17.9. The molecule has 0 N–H and O–H groups in total. The van der Waals surface area contributed by atoms with Crippen molar-refractivity contribution in [2.45, 2.75) is 19.3 Å². The lowest BCUT2D eigenvalue weighted by Gasteiger charge is -2.22. The SMILES string of the molecule is CC1(C)c2ccccc2-c2ccc(-c3ccc4nc5c6ccc7ccccc7c6c6cc(P(=O)(c7ccccc7)c7ccccc7)ccc6n5c4c3)cc21. The highest BCUT2D eigenvalue weighted by atomic mass is 31.2. The number of rotatable bonds is 4. The van der Waals surface area contributed by atoms with Gasteiger partial charge >= 0.3 is 0 Å². The van der Waals surface area contributed by atoms with E-state index in [1.165, 1.54) is 27.8 Å². The smallest absolute Gasteiger partial charge is 0.171 e. The third kappa shape index (κ3) is 4.31. The van der Waals surface area contributed by atoms with Crippen LogP contribution < -0.4 is 15.9 Å². The van der Waals surface area contributed by atoms with Gasteiger partial charge in [0.1, 0.15) is 5.65 Å². The summed E-state index contributed by atoms with van der Waals surface area (Å²) in [5.41, 5.74) is 11.6. The zero-order chi connectivity index (χ0) is 36.2. The normalized spacial score (nSPS) is 13.6. The molecule has 0 saturated carbocycles. The van der Waals surface area contributed by atoms with E-state index in [0.29, 0.717) is 0 Å². The number of imidazole rings is 1. The van der Waals surface area contributed by atoms with Crippen LogP contribution in [0.25, 0.3) is 71.4 Å². The molecule has 0 spiro atoms. The monoisotopic (exact) mass is 710 g/mol. The first-order valence-electron chi connectivity index (χ1n) is 18.6. The summed E-state index contributed by atoms with van der Waals surface area (Å²) in [7, 11) is -3.22. The molecule has 0 saturated heterocycles. The fraction of sp³-hybridized carbons (Fsp3) is 0.0600. The standard InChI is InChI=1S/C50H35N2OP/c1-50(2)43-20-12-11-19-39(43)40-25-22-33(29-44(40)50)34-23-27-45-47(30-34)52-46-28-24-37(54(53,35-14-5-3-6-15-35)36-16-7-4-8-17-36)31-42(46)48-38-18-10-9-13-32(38)21-26-41(48)49(52)51-45/h3-31H,1-2H3. The van der Waals surface area contributed by atoms with E-state index in [0.717, 1.165) is 70.6 Å². The molecule has 2 heterocycles. The van der Waals surface area contributed by atoms with Crippen molar-refractivity contribution in [2.24, 2.45) is 0 Å². The summed E-state index contributed by atoms with van der Waals surface area (Å²) in [6, 6.07) is 61.7. The molecule has 4 heteroatoms. The molecule has 10 aromatic rings. The molecular formula is C50H35N2OP. The summed E-state index contributed by atoms with van der Waals surface area (Å²) in [4.78, 5) is 5.32. The summed E-state index contributed by atoms with van der Waals surface area (Å²) in [6.45, 7) is 4.66. The van der Waals surface area contributed by atoms with E-state index in [2.05, 4.69) is 134 Å². The van der Waals surface area contributed by atoms with E-state index in [-0.39, 0.29) is 5.41 Å². The maximum Gasteiger partial charge on any atom is 0.171 e. The van der Waals surface area contributed by atoms with Gasteiger partial charge in [-0.25, -0.2) is 4.98 Å². The van der Waals surface area contributed by atoms with Gasteiger partial charge in [0.15, 0.2) is 7.14 Å². The van der Waals surface area contributed by atoms with E-state index in [1.54, 1.807) is 0 Å². The highest BCUT2D eigenvalue weighted by Crippen LogP contribution is 2.50. The molecule has 1 aliphatic carbocycles. The van der Waals surface area contributed by atoms with Gasteiger partial charge in [0, 0.05) is 37.5 Å². The Morgan fingerprint density at radius 1 is 0.500 bits per heavy atom. The van der Waals surface area contributed by atoms with Crippen LogP contribution in [0, 0.1) is 0 Å². The minimum absolute atomic E-state index is 0.0795. The quantitative estimate of drug-likeness (QED) is 0.135. The number of nitrogens with zero attached hydrogens (tertiary/aromatic N) is 2. The van der Waals surface area contributed by atoms with Gasteiger partial charge in [0.25, 0.3) is 0 Å². The van der Waals surface area contributed by atoms with Gasteiger partial charge in [-0.05, 0) is 86.6 Å². The number of fused-ring (bicyclic) bond motifs is 13. The van der Waals surface area contributed by atoms with Crippen LogP contribution in [0.3, 0.4) is 0 Å². The summed E-state index contributed by atoms with van der Waals surface area (Å²) >= 11 is 0. The Hall–Kier alpha value is -6.28. The lowest BCUT2D eigenvalue weighted by molar-refractivity contribution is 0.592. The van der Waals surface area contributed by atoms with Gasteiger partial charge in [-0.15, -0.1) is 0 Å². The Bertz CT molecular complexity index is 3170. The number of aromatic nitrogens is 2. The summed E-state index contributed by atoms with van der Waals surface area (Å²) in [6.07, 6.45) is 0. The lowest BCUT2D eigenvalue weighted by Crippen LogP contribution is -2.25. The number of pyridine rings is 1. The second kappa shape index (κ2) is 11.4. The average Bonchev–Trinajstić information content (AvgIpc) is 3.73. The van der Waals surface area contributed by atoms with Crippen molar-refractivity contribution in [1.82, 2.24) is 9.38 Å². The van der Waals surface area contributed by atoms with Gasteiger partial charge in [-0.3, -0.25) is 4.40 Å². The summed E-state index contributed by atoms with van der Waals surface area (Å²) in [5.74, 6) is 0. The van der Waals surface area contributed by atoms with E-state index < -0.39 is 7.14 Å². The molecule has 11 rings (SSSR count). The van der Waals surface area contributed by atoms with Crippen molar-refractivity contribution in [3.63, 3.8) is 0 Å². The van der Waals surface area contributed by atoms with E-state index >= 15 is 4.57 Å². The van der Waals surface area contributed by atoms with Crippen molar-refractivity contribution >= 4 is 72.2 Å². The second-order valence-electron chi connectivity index (χ2n) is 15.1. The highest BCUT2D eigenvalue weighted by molar-refractivity contribution is 7.85. The van der Waals surface area contributed by atoms with Gasteiger partial charge in [-0.2, -0.15) is 0 Å². The molecule has 3 nitrogen and oxygen atoms in total. The molecule has 0 fully saturated rings. The molecule has 2 aromatic heterocycles. The topological polar surface area (TPSA) is 34.4 Å². The maximum absolute atomic E-state index is 15.7. The van der Waals surface area contributed by atoms with E-state index in [4.69, 9.17) is 4.98 Å². The molecule has 8 aromatic carbocycles. The Kier molecular flexibility index (Phi) is 6.58. The van der Waals surface area contributed by atoms with Crippen molar-refractivity contribution < 1.29 is 4.57 Å². The maximum atomic E-state index is 15.7. The highest BCUT2D eigenvalue weighted by Gasteiger charge is 2.35. The van der Waals surface area contributed by atoms with Gasteiger partial charge in [0.2, 0.25) is 0 Å². The zero-order valence-corrected chi connectivity index (χ0v) is 30.9. The van der Waals surface area contributed by atoms with Crippen LogP contribution in [0.4, 0.5) is 0 Å². The van der Waals surface area contributed by atoms with Crippen LogP contribution in [0.1, 0.15) is 25.0 Å². The zero-order valence-electron chi connectivity index (χ0n) is 30.0. The van der Waals surface area contributed by atoms with Crippen LogP contribution in [0.15, 0.2) is 176 Å². The summed E-state index contributed by atoms with van der Waals surface area (Å²) < 4.78 is 18.0. The molecule has 0 amide bonds. The van der Waals surface area contributed by atoms with Gasteiger partial charge in [-0.1, -0.05) is 147 Å². The largest absolute Gasteiger partial charge is 0.309 e. The Labute approximate surface area is 313 Å². The van der Waals surface area contributed by atoms with Crippen LogP contribution >= 0.6 is 7.14 Å². The van der Waals surface area contributed by atoms with Crippen molar-refractivity contribution in [3.05, 3.63) is 187 Å². The van der Waals surface area contributed by atoms with Crippen molar-refractivity contribution in [2.75, 3.05) is 0 Å². The molecule has 0 bridgehead atoms. The third-order valence-corrected chi connectivity index (χ3v) is 14.9. The molecular weight excluding hydrogens is 676 g/mol. The first kappa shape index (κ1) is 31.3. The minimum Gasteiger partial charge on any atom is -0.309 e. The van der Waals surface area contributed by atoms with Crippen molar-refractivity contribution in [1.29, 1.82) is 0 Å². The summed E-state index contributed by atoms with van der Waals surface area (Å²) in [5, 5.41) is 8.03. The van der Waals surface area contributed by atoms with E-state index in [1.807, 2.05) is 60.7 Å². The molecule has 0 aliphatic heterocycles. The first-order valence-corrected chi connectivity index (χ1v) is 20.3. The Morgan fingerprint density at radius 2 is 1.17 bits per heavy atom. The number of hydrogen-bond acceptors (Lipinski definition) is 2. The van der Waals surface area contributed by atoms with Gasteiger partial charge < -0.3 is 4.57 Å². The Morgan fingerprint density at radius 3 is 1.96 bits per heavy atom. The van der Waals surface area contributed by atoms with Gasteiger partial charge in [0.05, 0.1) is 16.6 Å². The predicted octanol–water partition coefficient (Wildman–Crippen LogP) is 11.6. The fourth-order valence-electron chi connectivity index (χ4n) is 9.15. The van der Waals surface area contributed by atoms with Crippen LogP contribution in [-0.2, 0) is 9.98 Å². The van der Waals surface area contributed by atoms with E-state index in [9.17, 15) is 0 Å². The minimum atomic E-state index is -3.22. The van der Waals surface area contributed by atoms with Crippen LogP contribution in [0.5, 0.6) is 0 Å². The molecule has 1 aliphatic rings.